The molecular formula is C21H26N2O6S. The summed E-state index contributed by atoms with van der Waals surface area (Å²) in [6.07, 6.45) is 0.450. The van der Waals surface area contributed by atoms with E-state index in [-0.39, 0.29) is 24.0 Å². The molecule has 0 saturated carbocycles. The van der Waals surface area contributed by atoms with Crippen LogP contribution in [0.3, 0.4) is 0 Å². The summed E-state index contributed by atoms with van der Waals surface area (Å²) in [7, 11) is -0.595. The lowest BCUT2D eigenvalue weighted by molar-refractivity contribution is -0.148. The van der Waals surface area contributed by atoms with Gasteiger partial charge in [0.05, 0.1) is 18.0 Å². The van der Waals surface area contributed by atoms with Crippen molar-refractivity contribution in [3.63, 3.8) is 0 Å². The maximum Gasteiger partial charge on any atom is 0.306 e. The maximum absolute atomic E-state index is 12.1. The molecule has 0 bridgehead atoms. The van der Waals surface area contributed by atoms with E-state index in [0.29, 0.717) is 12.2 Å². The summed E-state index contributed by atoms with van der Waals surface area (Å²) in [5.41, 5.74) is 1.61. The number of sulfonamides is 1. The summed E-state index contributed by atoms with van der Waals surface area (Å²) < 4.78 is 35.9. The minimum Gasteiger partial charge on any atom is -0.496 e. The molecule has 30 heavy (non-hydrogen) atoms. The van der Waals surface area contributed by atoms with Crippen LogP contribution >= 0.6 is 0 Å². The molecule has 9 heteroatoms. The van der Waals surface area contributed by atoms with E-state index in [0.717, 1.165) is 11.1 Å². The first-order valence-corrected chi connectivity index (χ1v) is 10.9. The molecule has 1 atom stereocenters. The van der Waals surface area contributed by atoms with E-state index >= 15 is 0 Å². The van der Waals surface area contributed by atoms with Crippen LogP contribution in [0, 0.1) is 0 Å². The van der Waals surface area contributed by atoms with Gasteiger partial charge in [-0.2, -0.15) is 0 Å². The van der Waals surface area contributed by atoms with Crippen molar-refractivity contribution in [1.29, 1.82) is 0 Å². The van der Waals surface area contributed by atoms with E-state index in [4.69, 9.17) is 9.47 Å². The highest BCUT2D eigenvalue weighted by Gasteiger charge is 2.15. The largest absolute Gasteiger partial charge is 0.496 e. The van der Waals surface area contributed by atoms with Crippen molar-refractivity contribution < 1.29 is 27.5 Å². The number of hydrogen-bond acceptors (Lipinski definition) is 6. The van der Waals surface area contributed by atoms with Gasteiger partial charge < -0.3 is 14.8 Å². The molecule has 0 aromatic heterocycles. The standard InChI is InChI=1S/C21H26N2O6S/c1-15(18-6-4-5-7-19(18)28-3)23-20(24)14-29-21(25)13-10-16-8-11-17(12-9-16)30(26,27)22-2/h4-9,11-12,15,22H,10,13-14H2,1-3H3,(H,23,24). The van der Waals surface area contributed by atoms with Gasteiger partial charge in [-0.05, 0) is 44.2 Å². The summed E-state index contributed by atoms with van der Waals surface area (Å²) in [5, 5.41) is 2.77. The molecular weight excluding hydrogens is 408 g/mol. The number of esters is 1. The van der Waals surface area contributed by atoms with Crippen molar-refractivity contribution in [3.8, 4) is 5.75 Å². The van der Waals surface area contributed by atoms with E-state index in [1.807, 2.05) is 25.1 Å². The molecule has 2 N–H and O–H groups in total. The lowest BCUT2D eigenvalue weighted by atomic mass is 10.1. The Labute approximate surface area is 176 Å². The van der Waals surface area contributed by atoms with Crippen molar-refractivity contribution in [2.45, 2.75) is 30.7 Å². The van der Waals surface area contributed by atoms with Crippen molar-refractivity contribution in [2.75, 3.05) is 20.8 Å². The number of carbonyl (C=O) groups excluding carboxylic acids is 2. The molecule has 8 nitrogen and oxygen atoms in total. The van der Waals surface area contributed by atoms with E-state index < -0.39 is 21.9 Å². The van der Waals surface area contributed by atoms with Gasteiger partial charge in [0, 0.05) is 12.0 Å². The molecule has 162 valence electrons. The van der Waals surface area contributed by atoms with Crippen LogP contribution in [-0.4, -0.2) is 41.1 Å². The molecule has 0 spiro atoms. The molecule has 0 aliphatic heterocycles. The molecule has 0 aliphatic rings. The van der Waals surface area contributed by atoms with Gasteiger partial charge in [-0.3, -0.25) is 9.59 Å². The van der Waals surface area contributed by atoms with Gasteiger partial charge in [0.15, 0.2) is 6.61 Å². The van der Waals surface area contributed by atoms with Gasteiger partial charge in [-0.1, -0.05) is 30.3 Å². The highest BCUT2D eigenvalue weighted by Crippen LogP contribution is 2.24. The molecule has 0 fully saturated rings. The van der Waals surface area contributed by atoms with Crippen LogP contribution in [-0.2, 0) is 30.8 Å². The zero-order valence-electron chi connectivity index (χ0n) is 17.2. The number of ether oxygens (including phenoxy) is 2. The van der Waals surface area contributed by atoms with E-state index in [2.05, 4.69) is 10.0 Å². The molecule has 2 aromatic rings. The smallest absolute Gasteiger partial charge is 0.306 e. The third-order valence-electron chi connectivity index (χ3n) is 4.47. The number of rotatable bonds is 10. The number of methoxy groups -OCH3 is 1. The third kappa shape index (κ3) is 6.57. The van der Waals surface area contributed by atoms with Gasteiger partial charge in [0.1, 0.15) is 5.75 Å². The predicted octanol–water partition coefficient (Wildman–Crippen LogP) is 1.96. The predicted molar refractivity (Wildman–Crippen MR) is 112 cm³/mol. The fraction of sp³-hybridized carbons (Fsp3) is 0.333. The fourth-order valence-electron chi connectivity index (χ4n) is 2.80. The second-order valence-electron chi connectivity index (χ2n) is 6.54. The number of hydrogen-bond donors (Lipinski definition) is 2. The van der Waals surface area contributed by atoms with Crippen LogP contribution in [0.2, 0.25) is 0 Å². The first-order valence-electron chi connectivity index (χ1n) is 9.37. The number of nitrogens with one attached hydrogen (secondary N) is 2. The second kappa shape index (κ2) is 10.7. The van der Waals surface area contributed by atoms with Crippen LogP contribution < -0.4 is 14.8 Å². The second-order valence-corrected chi connectivity index (χ2v) is 8.43. The lowest BCUT2D eigenvalue weighted by Crippen LogP contribution is -2.31. The van der Waals surface area contributed by atoms with Crippen LogP contribution in [0.4, 0.5) is 0 Å². The molecule has 0 heterocycles. The summed E-state index contributed by atoms with van der Waals surface area (Å²) in [5.74, 6) is -0.263. The zero-order valence-corrected chi connectivity index (χ0v) is 18.0. The number of carbonyl (C=O) groups is 2. The Balaban J connectivity index is 1.78. The minimum atomic E-state index is -3.49. The molecule has 2 aromatic carbocycles. The Kier molecular flexibility index (Phi) is 8.37. The van der Waals surface area contributed by atoms with Crippen LogP contribution in [0.25, 0.3) is 0 Å². The summed E-state index contributed by atoms with van der Waals surface area (Å²) in [6, 6.07) is 13.3. The fourth-order valence-corrected chi connectivity index (χ4v) is 3.53. The molecule has 1 amide bonds. The third-order valence-corrected chi connectivity index (χ3v) is 5.90. The van der Waals surface area contributed by atoms with Crippen molar-refractivity contribution in [2.24, 2.45) is 0 Å². The molecule has 0 radical (unpaired) electrons. The Morgan fingerprint density at radius 3 is 2.37 bits per heavy atom. The Morgan fingerprint density at radius 1 is 1.07 bits per heavy atom. The van der Waals surface area contributed by atoms with Crippen LogP contribution in [0.5, 0.6) is 5.75 Å². The topological polar surface area (TPSA) is 111 Å². The number of para-hydroxylation sites is 1. The monoisotopic (exact) mass is 434 g/mol. The zero-order chi connectivity index (χ0) is 22.1. The number of benzene rings is 2. The Morgan fingerprint density at radius 2 is 1.73 bits per heavy atom. The molecule has 0 aliphatic carbocycles. The van der Waals surface area contributed by atoms with Gasteiger partial charge >= 0.3 is 5.97 Å². The SMILES string of the molecule is CNS(=O)(=O)c1ccc(CCC(=O)OCC(=O)NC(C)c2ccccc2OC)cc1. The van der Waals surface area contributed by atoms with E-state index in [1.54, 1.807) is 25.3 Å². The number of amides is 1. The van der Waals surface area contributed by atoms with Crippen LogP contribution in [0.1, 0.15) is 30.5 Å². The van der Waals surface area contributed by atoms with Gasteiger partial charge in [-0.25, -0.2) is 13.1 Å². The highest BCUT2D eigenvalue weighted by molar-refractivity contribution is 7.89. The summed E-state index contributed by atoms with van der Waals surface area (Å²) >= 11 is 0. The van der Waals surface area contributed by atoms with E-state index in [9.17, 15) is 18.0 Å². The van der Waals surface area contributed by atoms with E-state index in [1.165, 1.54) is 19.2 Å². The summed E-state index contributed by atoms with van der Waals surface area (Å²) in [6.45, 7) is 1.44. The van der Waals surface area contributed by atoms with Crippen molar-refractivity contribution in [1.82, 2.24) is 10.0 Å². The number of aryl methyl sites for hydroxylation is 1. The van der Waals surface area contributed by atoms with Crippen LogP contribution in [0.15, 0.2) is 53.4 Å². The Bertz CT molecular complexity index is 973. The van der Waals surface area contributed by atoms with Gasteiger partial charge in [0.2, 0.25) is 10.0 Å². The molecule has 0 saturated heterocycles. The van der Waals surface area contributed by atoms with Gasteiger partial charge in [0.25, 0.3) is 5.91 Å². The van der Waals surface area contributed by atoms with Crippen molar-refractivity contribution in [3.05, 3.63) is 59.7 Å². The quantitative estimate of drug-likeness (QED) is 0.553. The first-order chi connectivity index (χ1) is 14.3. The molecule has 2 rings (SSSR count). The normalized spacial score (nSPS) is 12.1. The maximum atomic E-state index is 12.1. The van der Waals surface area contributed by atoms with Crippen molar-refractivity contribution >= 4 is 21.9 Å². The minimum absolute atomic E-state index is 0.0769. The highest BCUT2D eigenvalue weighted by atomic mass is 32.2. The molecule has 1 unspecified atom stereocenters. The Hall–Kier alpha value is -2.91. The first kappa shape index (κ1) is 23.4. The summed E-state index contributed by atoms with van der Waals surface area (Å²) in [4.78, 5) is 24.1. The van der Waals surface area contributed by atoms with Gasteiger partial charge in [-0.15, -0.1) is 0 Å². The average molecular weight is 435 g/mol. The average Bonchev–Trinajstić information content (AvgIpc) is 2.76. The lowest BCUT2D eigenvalue weighted by Gasteiger charge is -2.17.